The van der Waals surface area contributed by atoms with Gasteiger partial charge in [-0.05, 0) is 58.4 Å². The van der Waals surface area contributed by atoms with Gasteiger partial charge < -0.3 is 10.6 Å². The van der Waals surface area contributed by atoms with Crippen LogP contribution in [-0.2, 0) is 11.2 Å². The first-order valence-electron chi connectivity index (χ1n) is 7.89. The van der Waals surface area contributed by atoms with Crippen LogP contribution in [0, 0.1) is 6.92 Å². The van der Waals surface area contributed by atoms with Crippen molar-refractivity contribution in [2.45, 2.75) is 17.7 Å². The minimum Gasteiger partial charge on any atom is -0.360 e. The number of hydrogen-bond donors (Lipinski definition) is 2. The second-order valence-corrected chi connectivity index (χ2v) is 9.54. The van der Waals surface area contributed by atoms with Crippen LogP contribution in [0.15, 0.2) is 44.5 Å². The first-order valence-corrected chi connectivity index (χ1v) is 11.4. The summed E-state index contributed by atoms with van der Waals surface area (Å²) >= 11 is 8.07. The fourth-order valence-corrected chi connectivity index (χ4v) is 5.00. The van der Waals surface area contributed by atoms with Crippen LogP contribution in [0.1, 0.15) is 10.4 Å². The van der Waals surface area contributed by atoms with Crippen molar-refractivity contribution < 1.29 is 4.79 Å². The van der Waals surface area contributed by atoms with Gasteiger partial charge in [-0.3, -0.25) is 4.79 Å². The summed E-state index contributed by atoms with van der Waals surface area (Å²) in [6.45, 7) is 2.83. The minimum absolute atomic E-state index is 0.0676. The molecule has 26 heavy (non-hydrogen) atoms. The standard InChI is InChI=1S/C17H17BrN4OS3/c1-11-4-5-14(13(18)9-11)20-15(23)10-25-17-22-21-16(26-17)19-7-6-12-3-2-8-24-12/h2-5,8-9H,6-7,10H2,1H3,(H,19,21)(H,20,23). The van der Waals surface area contributed by atoms with Gasteiger partial charge in [0.25, 0.3) is 0 Å². The average molecular weight is 469 g/mol. The molecule has 0 saturated heterocycles. The number of aromatic nitrogens is 2. The predicted octanol–water partition coefficient (Wildman–Crippen LogP) is 5.06. The third-order valence-electron chi connectivity index (χ3n) is 3.36. The molecule has 3 rings (SSSR count). The number of hydrogen-bond acceptors (Lipinski definition) is 7. The summed E-state index contributed by atoms with van der Waals surface area (Å²) in [5.74, 6) is 0.228. The van der Waals surface area contributed by atoms with Gasteiger partial charge in [-0.25, -0.2) is 0 Å². The van der Waals surface area contributed by atoms with Crippen LogP contribution in [0.3, 0.4) is 0 Å². The fraction of sp³-hybridized carbons (Fsp3) is 0.235. The Hall–Kier alpha value is -1.42. The number of amides is 1. The van der Waals surface area contributed by atoms with Gasteiger partial charge >= 0.3 is 0 Å². The van der Waals surface area contributed by atoms with E-state index in [2.05, 4.69) is 54.3 Å². The Kier molecular flexibility index (Phi) is 7.07. The molecule has 0 aliphatic rings. The molecule has 1 amide bonds. The number of carbonyl (C=O) groups is 1. The Morgan fingerprint density at radius 3 is 2.96 bits per heavy atom. The number of anilines is 2. The normalized spacial score (nSPS) is 10.7. The first-order chi connectivity index (χ1) is 12.6. The summed E-state index contributed by atoms with van der Waals surface area (Å²) in [6, 6.07) is 10.0. The van der Waals surface area contributed by atoms with E-state index in [1.165, 1.54) is 28.0 Å². The van der Waals surface area contributed by atoms with E-state index in [9.17, 15) is 4.79 Å². The predicted molar refractivity (Wildman–Crippen MR) is 115 cm³/mol. The van der Waals surface area contributed by atoms with E-state index in [4.69, 9.17) is 0 Å². The second-order valence-electron chi connectivity index (χ2n) is 5.45. The summed E-state index contributed by atoms with van der Waals surface area (Å²) < 4.78 is 1.66. The van der Waals surface area contributed by atoms with Crippen molar-refractivity contribution in [3.63, 3.8) is 0 Å². The summed E-state index contributed by atoms with van der Waals surface area (Å²) in [5, 5.41) is 17.3. The minimum atomic E-state index is -0.0676. The van der Waals surface area contributed by atoms with Crippen LogP contribution in [-0.4, -0.2) is 28.4 Å². The van der Waals surface area contributed by atoms with E-state index < -0.39 is 0 Å². The number of thioether (sulfide) groups is 1. The molecule has 0 radical (unpaired) electrons. The molecule has 0 fully saturated rings. The van der Waals surface area contributed by atoms with Crippen LogP contribution < -0.4 is 10.6 Å². The largest absolute Gasteiger partial charge is 0.360 e. The molecule has 0 aliphatic heterocycles. The fourth-order valence-electron chi connectivity index (χ4n) is 2.12. The number of carbonyl (C=O) groups excluding carboxylic acids is 1. The highest BCUT2D eigenvalue weighted by atomic mass is 79.9. The van der Waals surface area contributed by atoms with Gasteiger partial charge in [0.05, 0.1) is 11.4 Å². The van der Waals surface area contributed by atoms with Crippen LogP contribution >= 0.6 is 50.4 Å². The van der Waals surface area contributed by atoms with E-state index in [1.54, 1.807) is 11.3 Å². The molecule has 0 spiro atoms. The molecule has 9 heteroatoms. The van der Waals surface area contributed by atoms with E-state index in [1.807, 2.05) is 25.1 Å². The topological polar surface area (TPSA) is 66.9 Å². The summed E-state index contributed by atoms with van der Waals surface area (Å²) in [4.78, 5) is 13.5. The lowest BCUT2D eigenvalue weighted by Crippen LogP contribution is -2.14. The molecule has 2 aromatic heterocycles. The molecular formula is C17H17BrN4OS3. The van der Waals surface area contributed by atoms with E-state index in [-0.39, 0.29) is 5.91 Å². The van der Waals surface area contributed by atoms with Gasteiger partial charge in [-0.15, -0.1) is 21.5 Å². The van der Waals surface area contributed by atoms with Crippen molar-refractivity contribution in [1.82, 2.24) is 10.2 Å². The van der Waals surface area contributed by atoms with Crippen LogP contribution in [0.5, 0.6) is 0 Å². The molecule has 0 atom stereocenters. The smallest absolute Gasteiger partial charge is 0.234 e. The van der Waals surface area contributed by atoms with Gasteiger partial charge in [0, 0.05) is 15.9 Å². The van der Waals surface area contributed by atoms with Crippen molar-refractivity contribution in [3.8, 4) is 0 Å². The number of nitrogens with zero attached hydrogens (tertiary/aromatic N) is 2. The molecule has 2 N–H and O–H groups in total. The van der Waals surface area contributed by atoms with E-state index in [0.29, 0.717) is 5.75 Å². The number of benzene rings is 1. The monoisotopic (exact) mass is 468 g/mol. The van der Waals surface area contributed by atoms with Crippen molar-refractivity contribution in [2.24, 2.45) is 0 Å². The summed E-state index contributed by atoms with van der Waals surface area (Å²) in [5.41, 5.74) is 1.91. The number of thiophene rings is 1. The maximum Gasteiger partial charge on any atom is 0.234 e. The number of rotatable bonds is 8. The van der Waals surface area contributed by atoms with Gasteiger partial charge in [0.2, 0.25) is 11.0 Å². The zero-order valence-electron chi connectivity index (χ0n) is 14.0. The Morgan fingerprint density at radius 2 is 2.19 bits per heavy atom. The third kappa shape index (κ3) is 5.80. The van der Waals surface area contributed by atoms with Gasteiger partial charge in [-0.2, -0.15) is 0 Å². The Balaban J connectivity index is 1.43. The van der Waals surface area contributed by atoms with Crippen molar-refractivity contribution >= 4 is 67.1 Å². The zero-order chi connectivity index (χ0) is 18.4. The van der Waals surface area contributed by atoms with Crippen molar-refractivity contribution in [1.29, 1.82) is 0 Å². The lowest BCUT2D eigenvalue weighted by molar-refractivity contribution is -0.113. The SMILES string of the molecule is Cc1ccc(NC(=O)CSc2nnc(NCCc3cccs3)s2)c(Br)c1. The van der Waals surface area contributed by atoms with Crippen LogP contribution in [0.25, 0.3) is 0 Å². The molecule has 2 heterocycles. The molecule has 136 valence electrons. The zero-order valence-corrected chi connectivity index (χ0v) is 18.0. The highest BCUT2D eigenvalue weighted by molar-refractivity contribution is 9.10. The molecule has 0 bridgehead atoms. The van der Waals surface area contributed by atoms with Crippen LogP contribution in [0.2, 0.25) is 0 Å². The van der Waals surface area contributed by atoms with Gasteiger partial charge in [0.15, 0.2) is 4.34 Å². The summed E-state index contributed by atoms with van der Waals surface area (Å²) in [6.07, 6.45) is 0.966. The average Bonchev–Trinajstić information content (AvgIpc) is 3.28. The summed E-state index contributed by atoms with van der Waals surface area (Å²) in [7, 11) is 0. The third-order valence-corrected chi connectivity index (χ3v) is 6.97. The molecule has 0 unspecified atom stereocenters. The Bertz CT molecular complexity index is 867. The van der Waals surface area contributed by atoms with Gasteiger partial charge in [0.1, 0.15) is 0 Å². The maximum atomic E-state index is 12.1. The van der Waals surface area contributed by atoms with E-state index in [0.717, 1.165) is 38.2 Å². The molecule has 1 aromatic carbocycles. The molecule has 0 aliphatic carbocycles. The molecule has 0 saturated carbocycles. The quantitative estimate of drug-likeness (QED) is 0.452. The number of aryl methyl sites for hydroxylation is 1. The Morgan fingerprint density at radius 1 is 1.31 bits per heavy atom. The van der Waals surface area contributed by atoms with E-state index >= 15 is 0 Å². The maximum absolute atomic E-state index is 12.1. The first kappa shape index (κ1) is 19.3. The lowest BCUT2D eigenvalue weighted by atomic mass is 10.2. The highest BCUT2D eigenvalue weighted by Gasteiger charge is 2.10. The second kappa shape index (κ2) is 9.50. The Labute approximate surface area is 172 Å². The molecule has 3 aromatic rings. The highest BCUT2D eigenvalue weighted by Crippen LogP contribution is 2.27. The number of nitrogens with one attached hydrogen (secondary N) is 2. The molecular weight excluding hydrogens is 452 g/mol. The molecule has 5 nitrogen and oxygen atoms in total. The van der Waals surface area contributed by atoms with Crippen molar-refractivity contribution in [3.05, 3.63) is 50.6 Å². The number of halogens is 1. The van der Waals surface area contributed by atoms with Gasteiger partial charge in [-0.1, -0.05) is 35.2 Å². The van der Waals surface area contributed by atoms with Crippen LogP contribution in [0.4, 0.5) is 10.8 Å². The lowest BCUT2D eigenvalue weighted by Gasteiger charge is -2.07. The van der Waals surface area contributed by atoms with Crippen molar-refractivity contribution in [2.75, 3.05) is 22.9 Å².